The van der Waals surface area contributed by atoms with Crippen LogP contribution in [-0.2, 0) is 11.4 Å². The molecule has 0 aliphatic carbocycles. The molecule has 0 radical (unpaired) electrons. The van der Waals surface area contributed by atoms with Crippen molar-refractivity contribution in [2.75, 3.05) is 5.32 Å². The number of ether oxygens (including phenoxy) is 1. The third-order valence-corrected chi connectivity index (χ3v) is 4.21. The lowest BCUT2D eigenvalue weighted by atomic mass is 10.1. The zero-order chi connectivity index (χ0) is 20.6. The number of hydrogen-bond acceptors (Lipinski definition) is 4. The van der Waals surface area contributed by atoms with E-state index in [1.807, 2.05) is 24.3 Å². The van der Waals surface area contributed by atoms with Crippen LogP contribution in [0.4, 0.5) is 5.69 Å². The fourth-order valence-corrected chi connectivity index (χ4v) is 2.73. The molecule has 0 saturated carbocycles. The van der Waals surface area contributed by atoms with Crippen molar-refractivity contribution >= 4 is 29.3 Å². The molecule has 3 rings (SSSR count). The highest BCUT2D eigenvalue weighted by Gasteiger charge is 2.09. The molecule has 0 aromatic heterocycles. The number of aromatic hydroxyl groups is 1. The fourth-order valence-electron chi connectivity index (χ4n) is 2.51. The number of phenols is 1. The monoisotopic (exact) mass is 404 g/mol. The van der Waals surface area contributed by atoms with Gasteiger partial charge >= 0.3 is 0 Å². The number of halogens is 1. The number of nitriles is 1. The number of hydrogen-bond donors (Lipinski definition) is 2. The summed E-state index contributed by atoms with van der Waals surface area (Å²) in [6.07, 6.45) is 1.50. The quantitative estimate of drug-likeness (QED) is 0.337. The highest BCUT2D eigenvalue weighted by Crippen LogP contribution is 2.19. The first-order valence-electron chi connectivity index (χ1n) is 8.73. The van der Waals surface area contributed by atoms with Gasteiger partial charge in [0, 0.05) is 10.7 Å². The van der Waals surface area contributed by atoms with E-state index in [9.17, 15) is 15.2 Å². The van der Waals surface area contributed by atoms with E-state index >= 15 is 0 Å². The minimum Gasteiger partial charge on any atom is -0.508 e. The maximum Gasteiger partial charge on any atom is 0.266 e. The van der Waals surface area contributed by atoms with Gasteiger partial charge in [-0.05, 0) is 65.7 Å². The second-order valence-corrected chi connectivity index (χ2v) is 6.59. The smallest absolute Gasteiger partial charge is 0.266 e. The van der Waals surface area contributed by atoms with Gasteiger partial charge < -0.3 is 15.2 Å². The molecule has 3 aromatic carbocycles. The van der Waals surface area contributed by atoms with Gasteiger partial charge in [0.2, 0.25) is 0 Å². The predicted molar refractivity (Wildman–Crippen MR) is 113 cm³/mol. The van der Waals surface area contributed by atoms with Crippen LogP contribution in [0.5, 0.6) is 11.5 Å². The van der Waals surface area contributed by atoms with Crippen LogP contribution in [-0.4, -0.2) is 11.0 Å². The summed E-state index contributed by atoms with van der Waals surface area (Å²) in [5.41, 5.74) is 2.10. The van der Waals surface area contributed by atoms with Gasteiger partial charge in [-0.25, -0.2) is 0 Å². The second-order valence-electron chi connectivity index (χ2n) is 6.16. The minimum atomic E-state index is -0.528. The number of anilines is 1. The first kappa shape index (κ1) is 20.0. The number of amides is 1. The average Bonchev–Trinajstić information content (AvgIpc) is 2.73. The largest absolute Gasteiger partial charge is 0.508 e. The molecule has 6 heteroatoms. The molecule has 2 N–H and O–H groups in total. The Morgan fingerprint density at radius 1 is 1.10 bits per heavy atom. The molecule has 0 fully saturated rings. The SMILES string of the molecule is N#C/C(=C\c1ccc(OCc2cccc(Cl)c2)cc1)C(=O)Nc1ccc(O)cc1. The number of carbonyl (C=O) groups excluding carboxylic acids is 1. The van der Waals surface area contributed by atoms with E-state index in [1.54, 1.807) is 42.5 Å². The Labute approximate surface area is 173 Å². The maximum absolute atomic E-state index is 12.3. The fraction of sp³-hybridized carbons (Fsp3) is 0.0435. The van der Waals surface area contributed by atoms with E-state index in [0.717, 1.165) is 5.56 Å². The van der Waals surface area contributed by atoms with Gasteiger partial charge in [-0.2, -0.15) is 5.26 Å². The summed E-state index contributed by atoms with van der Waals surface area (Å²) in [5, 5.41) is 21.9. The average molecular weight is 405 g/mol. The van der Waals surface area contributed by atoms with Crippen LogP contribution in [0.2, 0.25) is 5.02 Å². The summed E-state index contributed by atoms with van der Waals surface area (Å²) >= 11 is 5.96. The molecule has 0 unspecified atom stereocenters. The van der Waals surface area contributed by atoms with Gasteiger partial charge in [-0.15, -0.1) is 0 Å². The van der Waals surface area contributed by atoms with Crippen molar-refractivity contribution in [2.45, 2.75) is 6.61 Å². The molecule has 1 amide bonds. The highest BCUT2D eigenvalue weighted by atomic mass is 35.5. The van der Waals surface area contributed by atoms with Gasteiger partial charge in [0.25, 0.3) is 5.91 Å². The van der Waals surface area contributed by atoms with E-state index < -0.39 is 5.91 Å². The molecule has 29 heavy (non-hydrogen) atoms. The Morgan fingerprint density at radius 2 is 1.83 bits per heavy atom. The summed E-state index contributed by atoms with van der Waals surface area (Å²) < 4.78 is 5.73. The van der Waals surface area contributed by atoms with Crippen LogP contribution in [0.3, 0.4) is 0 Å². The second kappa shape index (κ2) is 9.45. The van der Waals surface area contributed by atoms with Gasteiger partial charge in [0.1, 0.15) is 29.7 Å². The molecule has 0 aliphatic rings. The van der Waals surface area contributed by atoms with E-state index in [1.165, 1.54) is 18.2 Å². The molecular formula is C23H17ClN2O3. The zero-order valence-corrected chi connectivity index (χ0v) is 16.1. The normalized spacial score (nSPS) is 10.8. The molecule has 0 bridgehead atoms. The summed E-state index contributed by atoms with van der Waals surface area (Å²) in [7, 11) is 0. The van der Waals surface area contributed by atoms with E-state index in [4.69, 9.17) is 16.3 Å². The van der Waals surface area contributed by atoms with Crippen LogP contribution in [0.1, 0.15) is 11.1 Å². The van der Waals surface area contributed by atoms with Gasteiger partial charge in [0.05, 0.1) is 0 Å². The van der Waals surface area contributed by atoms with Crippen molar-refractivity contribution in [1.82, 2.24) is 0 Å². The molecule has 0 atom stereocenters. The topological polar surface area (TPSA) is 82.3 Å². The number of nitrogens with zero attached hydrogens (tertiary/aromatic N) is 1. The van der Waals surface area contributed by atoms with E-state index in [2.05, 4.69) is 5.32 Å². The Kier molecular flexibility index (Phi) is 6.51. The highest BCUT2D eigenvalue weighted by molar-refractivity contribution is 6.30. The van der Waals surface area contributed by atoms with Crippen LogP contribution in [0.15, 0.2) is 78.4 Å². The van der Waals surface area contributed by atoms with Gasteiger partial charge in [-0.3, -0.25) is 4.79 Å². The Morgan fingerprint density at radius 3 is 2.48 bits per heavy atom. The lowest BCUT2D eigenvalue weighted by Crippen LogP contribution is -2.13. The zero-order valence-electron chi connectivity index (χ0n) is 15.3. The van der Waals surface area contributed by atoms with Crippen molar-refractivity contribution < 1.29 is 14.6 Å². The van der Waals surface area contributed by atoms with Crippen molar-refractivity contribution in [3.05, 3.63) is 94.5 Å². The van der Waals surface area contributed by atoms with Crippen LogP contribution in [0.25, 0.3) is 6.08 Å². The number of nitrogens with one attached hydrogen (secondary N) is 1. The predicted octanol–water partition coefficient (Wildman–Crippen LogP) is 5.17. The molecule has 0 saturated heterocycles. The lowest BCUT2D eigenvalue weighted by molar-refractivity contribution is -0.112. The number of rotatable bonds is 6. The molecule has 144 valence electrons. The third-order valence-electron chi connectivity index (χ3n) is 3.98. The standard InChI is InChI=1S/C23H17ClN2O3/c24-19-3-1-2-17(13-19)15-29-22-10-4-16(5-11-22)12-18(14-25)23(28)26-20-6-8-21(27)9-7-20/h1-13,27H,15H2,(H,26,28)/b18-12+. The van der Waals surface area contributed by atoms with E-state index in [0.29, 0.717) is 28.6 Å². The Hall–Kier alpha value is -3.75. The van der Waals surface area contributed by atoms with E-state index in [-0.39, 0.29) is 11.3 Å². The maximum atomic E-state index is 12.3. The molecule has 0 heterocycles. The molecule has 0 aliphatic heterocycles. The molecule has 0 spiro atoms. The summed E-state index contributed by atoms with van der Waals surface area (Å²) in [4.78, 5) is 12.3. The van der Waals surface area contributed by atoms with Crippen molar-refractivity contribution in [2.24, 2.45) is 0 Å². The molecule has 3 aromatic rings. The molecular weight excluding hydrogens is 388 g/mol. The van der Waals surface area contributed by atoms with Crippen LogP contribution < -0.4 is 10.1 Å². The first-order chi connectivity index (χ1) is 14.0. The third kappa shape index (κ3) is 5.86. The number of benzene rings is 3. The van der Waals surface area contributed by atoms with Crippen molar-refractivity contribution in [3.63, 3.8) is 0 Å². The van der Waals surface area contributed by atoms with Crippen molar-refractivity contribution in [1.29, 1.82) is 5.26 Å². The lowest BCUT2D eigenvalue weighted by Gasteiger charge is -2.07. The minimum absolute atomic E-state index is 0.0364. The Bertz CT molecular complexity index is 1070. The summed E-state index contributed by atoms with van der Waals surface area (Å²) in [6, 6.07) is 22.4. The van der Waals surface area contributed by atoms with Gasteiger partial charge in [0.15, 0.2) is 0 Å². The first-order valence-corrected chi connectivity index (χ1v) is 9.11. The van der Waals surface area contributed by atoms with Crippen LogP contribution >= 0.6 is 11.6 Å². The van der Waals surface area contributed by atoms with Gasteiger partial charge in [-0.1, -0.05) is 35.9 Å². The van der Waals surface area contributed by atoms with Crippen LogP contribution in [0, 0.1) is 11.3 Å². The molecule has 5 nitrogen and oxygen atoms in total. The number of phenolic OH excluding ortho intramolecular Hbond substituents is 1. The number of carbonyl (C=O) groups is 1. The Balaban J connectivity index is 1.64. The van der Waals surface area contributed by atoms with Crippen molar-refractivity contribution in [3.8, 4) is 17.6 Å². The summed E-state index contributed by atoms with van der Waals surface area (Å²) in [5.74, 6) is 0.227. The summed E-state index contributed by atoms with van der Waals surface area (Å²) in [6.45, 7) is 0.383.